The largest absolute Gasteiger partial charge is 0.493 e. The van der Waals surface area contributed by atoms with Gasteiger partial charge in [0.25, 0.3) is 0 Å². The molecule has 2 aromatic carbocycles. The Hall–Kier alpha value is -2.73. The quantitative estimate of drug-likeness (QED) is 0.767. The highest BCUT2D eigenvalue weighted by molar-refractivity contribution is 5.90. The molecule has 4 nitrogen and oxygen atoms in total. The molecule has 0 saturated carbocycles. The van der Waals surface area contributed by atoms with Crippen LogP contribution in [0.15, 0.2) is 36.5 Å². The number of hydrogen-bond donors (Lipinski definition) is 1. The van der Waals surface area contributed by atoms with Crippen molar-refractivity contribution in [2.75, 3.05) is 14.2 Å². The molecule has 3 aromatic rings. The van der Waals surface area contributed by atoms with Gasteiger partial charge < -0.3 is 14.6 Å². The summed E-state index contributed by atoms with van der Waals surface area (Å²) in [6, 6.07) is 7.18. The third-order valence-corrected chi connectivity index (χ3v) is 4.13. The lowest BCUT2D eigenvalue weighted by Gasteiger charge is -2.14. The van der Waals surface area contributed by atoms with Crippen molar-refractivity contribution in [1.29, 1.82) is 0 Å². The van der Waals surface area contributed by atoms with E-state index in [1.165, 1.54) is 38.6 Å². The Balaban J connectivity index is 2.22. The van der Waals surface area contributed by atoms with Crippen LogP contribution in [-0.2, 0) is 13.0 Å². The van der Waals surface area contributed by atoms with Gasteiger partial charge in [0.15, 0.2) is 11.5 Å². The fourth-order valence-electron chi connectivity index (χ4n) is 2.81. The summed E-state index contributed by atoms with van der Waals surface area (Å²) in [6.07, 6.45) is 1.48. The summed E-state index contributed by atoms with van der Waals surface area (Å²) in [5.41, 5.74) is 1.02. The highest BCUT2D eigenvalue weighted by Gasteiger charge is 2.16. The van der Waals surface area contributed by atoms with Gasteiger partial charge in [0.1, 0.15) is 11.6 Å². The first-order valence-electron chi connectivity index (χ1n) is 7.65. The predicted octanol–water partition coefficient (Wildman–Crippen LogP) is 3.61. The minimum atomic E-state index is -0.623. The molecule has 0 spiro atoms. The second-order valence-corrected chi connectivity index (χ2v) is 5.52. The average molecular weight is 345 g/mol. The number of ether oxygens (including phenoxy) is 2. The zero-order valence-corrected chi connectivity index (χ0v) is 13.8. The maximum atomic E-state index is 14.0. The van der Waals surface area contributed by atoms with Crippen LogP contribution in [0.25, 0.3) is 10.8 Å². The van der Waals surface area contributed by atoms with Crippen molar-refractivity contribution >= 4 is 10.8 Å². The van der Waals surface area contributed by atoms with Crippen LogP contribution < -0.4 is 9.47 Å². The first kappa shape index (κ1) is 17.1. The molecule has 0 saturated heterocycles. The lowest BCUT2D eigenvalue weighted by Crippen LogP contribution is -2.02. The van der Waals surface area contributed by atoms with Crippen LogP contribution in [0.2, 0.25) is 0 Å². The standard InChI is InChI=1S/C19H17F2NO3/c1-24-18-7-12-11(10-23)9-22-17(13(12)8-19(18)25-2)6-14-15(20)4-3-5-16(14)21/h3-5,7-9,23H,6,10H2,1-2H3. The van der Waals surface area contributed by atoms with Crippen molar-refractivity contribution in [2.45, 2.75) is 13.0 Å². The molecule has 0 unspecified atom stereocenters. The summed E-state index contributed by atoms with van der Waals surface area (Å²) in [5, 5.41) is 10.9. The highest BCUT2D eigenvalue weighted by Crippen LogP contribution is 2.35. The van der Waals surface area contributed by atoms with Crippen LogP contribution in [0.4, 0.5) is 8.78 Å². The molecule has 0 fully saturated rings. The van der Waals surface area contributed by atoms with E-state index in [1.54, 1.807) is 12.1 Å². The third kappa shape index (κ3) is 3.13. The normalized spacial score (nSPS) is 10.9. The van der Waals surface area contributed by atoms with Gasteiger partial charge in [0.2, 0.25) is 0 Å². The molecule has 0 bridgehead atoms. The fourth-order valence-corrected chi connectivity index (χ4v) is 2.81. The van der Waals surface area contributed by atoms with Crippen LogP contribution in [0.3, 0.4) is 0 Å². The number of pyridine rings is 1. The number of aliphatic hydroxyl groups excluding tert-OH is 1. The molecule has 1 aromatic heterocycles. The Bertz CT molecular complexity index is 908. The van der Waals surface area contributed by atoms with E-state index in [2.05, 4.69) is 4.98 Å². The Morgan fingerprint density at radius 3 is 2.16 bits per heavy atom. The number of methoxy groups -OCH3 is 2. The molecule has 0 aliphatic rings. The molecule has 130 valence electrons. The Kier molecular flexibility index (Phi) is 4.81. The zero-order chi connectivity index (χ0) is 18.0. The van der Waals surface area contributed by atoms with Gasteiger partial charge in [-0.05, 0) is 29.7 Å². The molecule has 0 amide bonds. The van der Waals surface area contributed by atoms with Gasteiger partial charge in [0, 0.05) is 29.1 Å². The molecule has 0 aliphatic heterocycles. The van der Waals surface area contributed by atoms with E-state index in [0.29, 0.717) is 33.5 Å². The van der Waals surface area contributed by atoms with Gasteiger partial charge in [-0.2, -0.15) is 0 Å². The Morgan fingerprint density at radius 1 is 1.00 bits per heavy atom. The molecule has 3 rings (SSSR count). The lowest BCUT2D eigenvalue weighted by atomic mass is 9.99. The average Bonchev–Trinajstić information content (AvgIpc) is 2.63. The van der Waals surface area contributed by atoms with Gasteiger partial charge in [0.05, 0.1) is 26.5 Å². The topological polar surface area (TPSA) is 51.6 Å². The summed E-state index contributed by atoms with van der Waals surface area (Å²) in [7, 11) is 3.02. The molecule has 6 heteroatoms. The first-order valence-corrected chi connectivity index (χ1v) is 7.65. The van der Waals surface area contributed by atoms with Crippen LogP contribution >= 0.6 is 0 Å². The van der Waals surface area contributed by atoms with Crippen molar-refractivity contribution in [1.82, 2.24) is 4.98 Å². The molecule has 1 N–H and O–H groups in total. The van der Waals surface area contributed by atoms with Crippen LogP contribution in [0, 0.1) is 11.6 Å². The Morgan fingerprint density at radius 2 is 1.60 bits per heavy atom. The maximum Gasteiger partial charge on any atom is 0.161 e. The fraction of sp³-hybridized carbons (Fsp3) is 0.211. The summed E-state index contributed by atoms with van der Waals surface area (Å²) >= 11 is 0. The second-order valence-electron chi connectivity index (χ2n) is 5.52. The number of halogens is 2. The summed E-state index contributed by atoms with van der Waals surface area (Å²) in [5.74, 6) is -0.274. The number of aromatic nitrogens is 1. The van der Waals surface area contributed by atoms with E-state index < -0.39 is 11.6 Å². The number of benzene rings is 2. The maximum absolute atomic E-state index is 14.0. The zero-order valence-electron chi connectivity index (χ0n) is 13.8. The molecule has 0 radical (unpaired) electrons. The molecular weight excluding hydrogens is 328 g/mol. The van der Waals surface area contributed by atoms with Gasteiger partial charge in [-0.25, -0.2) is 8.78 Å². The van der Waals surface area contributed by atoms with E-state index in [-0.39, 0.29) is 18.6 Å². The van der Waals surface area contributed by atoms with E-state index in [1.807, 2.05) is 0 Å². The molecule has 1 heterocycles. The lowest BCUT2D eigenvalue weighted by molar-refractivity contribution is 0.283. The molecule has 0 aliphatic carbocycles. The van der Waals surface area contributed by atoms with Crippen LogP contribution in [0.1, 0.15) is 16.8 Å². The number of rotatable bonds is 5. The van der Waals surface area contributed by atoms with E-state index in [0.717, 1.165) is 0 Å². The van der Waals surface area contributed by atoms with Crippen molar-refractivity contribution in [3.8, 4) is 11.5 Å². The Labute approximate surface area is 143 Å². The van der Waals surface area contributed by atoms with E-state index >= 15 is 0 Å². The smallest absolute Gasteiger partial charge is 0.161 e. The first-order chi connectivity index (χ1) is 12.1. The van der Waals surface area contributed by atoms with Crippen LogP contribution in [0.5, 0.6) is 11.5 Å². The monoisotopic (exact) mass is 345 g/mol. The molecule has 0 atom stereocenters. The van der Waals surface area contributed by atoms with Gasteiger partial charge >= 0.3 is 0 Å². The number of hydrogen-bond acceptors (Lipinski definition) is 4. The molecular formula is C19H17F2NO3. The summed E-state index contributed by atoms with van der Waals surface area (Å²) in [6.45, 7) is -0.215. The molecule has 25 heavy (non-hydrogen) atoms. The van der Waals surface area contributed by atoms with E-state index in [9.17, 15) is 13.9 Å². The predicted molar refractivity (Wildman–Crippen MR) is 89.9 cm³/mol. The summed E-state index contributed by atoms with van der Waals surface area (Å²) < 4.78 is 38.6. The van der Waals surface area contributed by atoms with Crippen molar-refractivity contribution in [3.05, 3.63) is 65.0 Å². The summed E-state index contributed by atoms with van der Waals surface area (Å²) in [4.78, 5) is 4.30. The van der Waals surface area contributed by atoms with Gasteiger partial charge in [-0.3, -0.25) is 4.98 Å². The van der Waals surface area contributed by atoms with Gasteiger partial charge in [-0.15, -0.1) is 0 Å². The van der Waals surface area contributed by atoms with Crippen molar-refractivity contribution in [2.24, 2.45) is 0 Å². The number of aliphatic hydroxyl groups is 1. The van der Waals surface area contributed by atoms with Crippen LogP contribution in [-0.4, -0.2) is 24.3 Å². The van der Waals surface area contributed by atoms with Crippen molar-refractivity contribution in [3.63, 3.8) is 0 Å². The minimum absolute atomic E-state index is 0.0177. The number of nitrogens with zero attached hydrogens (tertiary/aromatic N) is 1. The van der Waals surface area contributed by atoms with Gasteiger partial charge in [-0.1, -0.05) is 6.07 Å². The SMILES string of the molecule is COc1cc2c(CO)cnc(Cc3c(F)cccc3F)c2cc1OC. The van der Waals surface area contributed by atoms with E-state index in [4.69, 9.17) is 9.47 Å². The third-order valence-electron chi connectivity index (χ3n) is 4.13. The second kappa shape index (κ2) is 7.03. The van der Waals surface area contributed by atoms with Crippen molar-refractivity contribution < 1.29 is 23.4 Å². The minimum Gasteiger partial charge on any atom is -0.493 e. The number of fused-ring (bicyclic) bond motifs is 1. The highest BCUT2D eigenvalue weighted by atomic mass is 19.1.